The second-order valence-electron chi connectivity index (χ2n) is 7.96. The molecule has 3 N–H and O–H groups in total. The molecule has 1 aliphatic heterocycles. The van der Waals surface area contributed by atoms with Gasteiger partial charge in [-0.1, -0.05) is 0 Å². The average molecular weight is 443 g/mol. The summed E-state index contributed by atoms with van der Waals surface area (Å²) in [4.78, 5) is 25.9. The summed E-state index contributed by atoms with van der Waals surface area (Å²) in [7, 11) is 1.33. The molecular weight excluding hydrogens is 422 g/mol. The number of carboxylic acid groups (broad SMARTS) is 1. The Hall–Kier alpha value is -2.82. The lowest BCUT2D eigenvalue weighted by atomic mass is 9.91. The number of fused-ring (bicyclic) bond motifs is 1. The lowest BCUT2D eigenvalue weighted by Gasteiger charge is -2.39. The van der Waals surface area contributed by atoms with Gasteiger partial charge in [-0.3, -0.25) is 4.79 Å². The summed E-state index contributed by atoms with van der Waals surface area (Å²) in [5.41, 5.74) is 5.20. The molecule has 2 fully saturated rings. The first-order valence-electron chi connectivity index (χ1n) is 9.75. The van der Waals surface area contributed by atoms with E-state index in [2.05, 4.69) is 0 Å². The third kappa shape index (κ3) is 3.60. The fourth-order valence-corrected chi connectivity index (χ4v) is 4.32. The largest absolute Gasteiger partial charge is 0.492 e. The van der Waals surface area contributed by atoms with Crippen LogP contribution in [0.2, 0.25) is 0 Å². The van der Waals surface area contributed by atoms with Crippen molar-refractivity contribution in [3.05, 3.63) is 34.1 Å². The van der Waals surface area contributed by atoms with E-state index in [0.29, 0.717) is 5.69 Å². The van der Waals surface area contributed by atoms with Crippen molar-refractivity contribution in [1.29, 1.82) is 0 Å². The molecule has 7 nitrogen and oxygen atoms in total. The minimum absolute atomic E-state index is 0.0362. The maximum absolute atomic E-state index is 13.9. The molecule has 31 heavy (non-hydrogen) atoms. The predicted molar refractivity (Wildman–Crippen MR) is 105 cm³/mol. The number of carbonyl (C=O) groups is 1. The van der Waals surface area contributed by atoms with Crippen LogP contribution < -0.4 is 20.8 Å². The van der Waals surface area contributed by atoms with Crippen molar-refractivity contribution in [1.82, 2.24) is 4.57 Å². The number of alkyl halides is 4. The van der Waals surface area contributed by atoms with E-state index in [0.717, 1.165) is 6.20 Å². The average Bonchev–Trinajstić information content (AvgIpc) is 3.42. The van der Waals surface area contributed by atoms with E-state index in [9.17, 15) is 32.3 Å². The summed E-state index contributed by atoms with van der Waals surface area (Å²) < 4.78 is 60.3. The van der Waals surface area contributed by atoms with Crippen LogP contribution in [-0.4, -0.2) is 54.2 Å². The summed E-state index contributed by atoms with van der Waals surface area (Å²) in [6.45, 7) is -0.0228. The van der Waals surface area contributed by atoms with Gasteiger partial charge in [0.1, 0.15) is 11.7 Å². The third-order valence-electron chi connectivity index (χ3n) is 6.02. The van der Waals surface area contributed by atoms with Crippen molar-refractivity contribution in [3.8, 4) is 5.75 Å². The molecule has 0 spiro atoms. The van der Waals surface area contributed by atoms with Gasteiger partial charge in [0.15, 0.2) is 5.75 Å². The van der Waals surface area contributed by atoms with E-state index >= 15 is 0 Å². The first-order chi connectivity index (χ1) is 14.5. The molecule has 4 rings (SSSR count). The Bertz CT molecular complexity index is 1100. The van der Waals surface area contributed by atoms with E-state index in [1.165, 1.54) is 23.8 Å². The van der Waals surface area contributed by atoms with Crippen LogP contribution in [0.4, 0.5) is 23.2 Å². The van der Waals surface area contributed by atoms with Gasteiger partial charge in [-0.05, 0) is 18.6 Å². The molecule has 4 atom stereocenters. The van der Waals surface area contributed by atoms with Gasteiger partial charge in [0.05, 0.1) is 35.7 Å². The fraction of sp³-hybridized carbons (Fsp3) is 0.500. The van der Waals surface area contributed by atoms with Gasteiger partial charge in [0, 0.05) is 31.7 Å². The summed E-state index contributed by atoms with van der Waals surface area (Å²) in [6, 6.07) is 1.10. The van der Waals surface area contributed by atoms with Crippen LogP contribution in [0.1, 0.15) is 29.2 Å². The number of pyridine rings is 1. The molecule has 1 aromatic carbocycles. The molecule has 0 radical (unpaired) electrons. The van der Waals surface area contributed by atoms with Crippen molar-refractivity contribution < 1.29 is 32.2 Å². The van der Waals surface area contributed by atoms with Gasteiger partial charge < -0.3 is 25.0 Å². The molecule has 1 aromatic heterocycles. The molecule has 0 bridgehead atoms. The number of aromatic carboxylic acids is 1. The minimum atomic E-state index is -4.39. The van der Waals surface area contributed by atoms with Crippen LogP contribution >= 0.6 is 0 Å². The Morgan fingerprint density at radius 3 is 2.52 bits per heavy atom. The summed E-state index contributed by atoms with van der Waals surface area (Å²) in [6.07, 6.45) is -4.53. The molecule has 0 amide bonds. The van der Waals surface area contributed by atoms with E-state index in [-0.39, 0.29) is 42.6 Å². The normalized spacial score (nSPS) is 26.2. The second-order valence-corrected chi connectivity index (χ2v) is 7.96. The van der Waals surface area contributed by atoms with Crippen molar-refractivity contribution >= 4 is 22.6 Å². The molecule has 168 valence electrons. The molecule has 2 aromatic rings. The first-order valence-corrected chi connectivity index (χ1v) is 9.75. The maximum Gasteiger partial charge on any atom is 0.393 e. The zero-order valence-electron chi connectivity index (χ0n) is 16.5. The van der Waals surface area contributed by atoms with Gasteiger partial charge in [0.2, 0.25) is 5.43 Å². The van der Waals surface area contributed by atoms with Crippen LogP contribution in [0, 0.1) is 5.92 Å². The van der Waals surface area contributed by atoms with Crippen LogP contribution in [0.15, 0.2) is 23.1 Å². The number of nitrogens with zero attached hydrogens (tertiary/aromatic N) is 2. The fourth-order valence-electron chi connectivity index (χ4n) is 4.32. The minimum Gasteiger partial charge on any atom is -0.492 e. The molecule has 1 aliphatic carbocycles. The summed E-state index contributed by atoms with van der Waals surface area (Å²) in [5, 5.41) is 9.41. The maximum atomic E-state index is 13.9. The van der Waals surface area contributed by atoms with Crippen molar-refractivity contribution in [2.24, 2.45) is 11.7 Å². The zero-order chi connectivity index (χ0) is 22.7. The number of methoxy groups -OCH3 is 1. The lowest BCUT2D eigenvalue weighted by Crippen LogP contribution is -2.53. The molecule has 1 saturated carbocycles. The predicted octanol–water partition coefficient (Wildman–Crippen LogP) is 2.71. The van der Waals surface area contributed by atoms with Gasteiger partial charge in [0.25, 0.3) is 0 Å². The lowest BCUT2D eigenvalue weighted by molar-refractivity contribution is -0.183. The highest BCUT2D eigenvalue weighted by molar-refractivity contribution is 5.97. The number of benzene rings is 1. The Morgan fingerprint density at radius 1 is 1.32 bits per heavy atom. The summed E-state index contributed by atoms with van der Waals surface area (Å²) in [5.74, 6) is -2.88. The number of nitrogens with two attached hydrogens (primary N) is 1. The second kappa shape index (κ2) is 7.40. The topological polar surface area (TPSA) is 97.8 Å². The Balaban J connectivity index is 1.85. The third-order valence-corrected chi connectivity index (χ3v) is 6.02. The number of aromatic nitrogens is 1. The van der Waals surface area contributed by atoms with Crippen LogP contribution in [0.3, 0.4) is 0 Å². The van der Waals surface area contributed by atoms with E-state index in [4.69, 9.17) is 10.5 Å². The Labute approximate surface area is 174 Å². The van der Waals surface area contributed by atoms with Gasteiger partial charge in [-0.25, -0.2) is 9.18 Å². The highest BCUT2D eigenvalue weighted by Crippen LogP contribution is 2.45. The number of hydrogen-bond acceptors (Lipinski definition) is 5. The SMILES string of the molecule is COc1c(N2CC[C@@H](C(F)(F)F)[C@H](N)C2)ccc2c(=O)c(C(=O)O)cn([C@@H]3C[C@@H]3F)c12. The molecular formula is C20H21F4N3O4. The summed E-state index contributed by atoms with van der Waals surface area (Å²) >= 11 is 0. The highest BCUT2D eigenvalue weighted by Gasteiger charge is 2.46. The molecule has 11 heteroatoms. The van der Waals surface area contributed by atoms with Gasteiger partial charge >= 0.3 is 12.1 Å². The molecule has 1 saturated heterocycles. The van der Waals surface area contributed by atoms with E-state index in [1.807, 2.05) is 0 Å². The van der Waals surface area contributed by atoms with Gasteiger partial charge in [-0.2, -0.15) is 13.2 Å². The standard InChI is InChI=1S/C20H21F4N3O4/c1-31-18-14(26-5-4-11(13(25)8-26)20(22,23)24)3-2-9-16(18)27(15-6-12(15)21)7-10(17(9)28)19(29)30/h2-3,7,11-13,15H,4-6,8,25H2,1H3,(H,29,30)/t11-,12+,13-,15-/m1/s1. The highest BCUT2D eigenvalue weighted by atomic mass is 19.4. The molecule has 2 aliphatic rings. The number of carboxylic acids is 1. The Morgan fingerprint density at radius 2 is 2.00 bits per heavy atom. The van der Waals surface area contributed by atoms with E-state index in [1.54, 1.807) is 4.90 Å². The number of piperidine rings is 1. The first kappa shape index (κ1) is 21.4. The number of ether oxygens (including phenoxy) is 1. The quantitative estimate of drug-likeness (QED) is 0.706. The number of hydrogen-bond donors (Lipinski definition) is 2. The number of halogens is 4. The Kier molecular flexibility index (Phi) is 5.11. The van der Waals surface area contributed by atoms with Gasteiger partial charge in [-0.15, -0.1) is 0 Å². The van der Waals surface area contributed by atoms with Crippen molar-refractivity contribution in [2.75, 3.05) is 25.1 Å². The smallest absolute Gasteiger partial charge is 0.393 e. The number of anilines is 1. The number of rotatable bonds is 4. The molecule has 2 heterocycles. The zero-order valence-corrected chi connectivity index (χ0v) is 16.5. The van der Waals surface area contributed by atoms with E-state index < -0.39 is 47.3 Å². The monoisotopic (exact) mass is 443 g/mol. The van der Waals surface area contributed by atoms with Crippen LogP contribution in [-0.2, 0) is 0 Å². The van der Waals surface area contributed by atoms with Crippen molar-refractivity contribution in [2.45, 2.75) is 37.3 Å². The molecule has 0 unspecified atom stereocenters. The van der Waals surface area contributed by atoms with Crippen LogP contribution in [0.25, 0.3) is 10.9 Å². The van der Waals surface area contributed by atoms with Crippen LogP contribution in [0.5, 0.6) is 5.75 Å². The van der Waals surface area contributed by atoms with Crippen molar-refractivity contribution in [3.63, 3.8) is 0 Å².